The van der Waals surface area contributed by atoms with E-state index in [1.807, 2.05) is 25.2 Å². The van der Waals surface area contributed by atoms with Crippen LogP contribution in [-0.2, 0) is 9.59 Å². The van der Waals surface area contributed by atoms with E-state index in [0.29, 0.717) is 6.42 Å². The lowest BCUT2D eigenvalue weighted by atomic mass is 9.89. The molecular formula is C11H18N2O2. The first-order valence-corrected chi connectivity index (χ1v) is 5.19. The summed E-state index contributed by atoms with van der Waals surface area (Å²) in [7, 11) is 3.75. The third-order valence-corrected chi connectivity index (χ3v) is 2.37. The van der Waals surface area contributed by atoms with Crippen LogP contribution in [-0.4, -0.2) is 36.7 Å². The monoisotopic (exact) mass is 210 g/mol. The highest BCUT2D eigenvalue weighted by molar-refractivity contribution is 5.97. The molecule has 0 aromatic carbocycles. The molecular weight excluding hydrogens is 192 g/mol. The Morgan fingerprint density at radius 2 is 2.20 bits per heavy atom. The average Bonchev–Trinajstić information content (AvgIpc) is 2.09. The largest absolute Gasteiger partial charge is 0.383 e. The number of nitrogens with one attached hydrogen (secondary N) is 1. The maximum absolute atomic E-state index is 11.7. The van der Waals surface area contributed by atoms with Crippen LogP contribution in [0.5, 0.6) is 0 Å². The summed E-state index contributed by atoms with van der Waals surface area (Å²) >= 11 is 0. The van der Waals surface area contributed by atoms with Crippen LogP contribution in [0.3, 0.4) is 0 Å². The van der Waals surface area contributed by atoms with Gasteiger partial charge < -0.3 is 10.2 Å². The van der Waals surface area contributed by atoms with Gasteiger partial charge in [0.2, 0.25) is 5.91 Å². The number of carbonyl (C=O) groups is 2. The first kappa shape index (κ1) is 11.8. The van der Waals surface area contributed by atoms with Gasteiger partial charge in [-0.05, 0) is 12.8 Å². The van der Waals surface area contributed by atoms with E-state index in [1.165, 1.54) is 6.92 Å². The molecule has 0 aromatic rings. The normalized spacial score (nSPS) is 24.1. The maximum Gasteiger partial charge on any atom is 0.217 e. The predicted octanol–water partition coefficient (Wildman–Crippen LogP) is 0.690. The second-order valence-corrected chi connectivity index (χ2v) is 4.12. The number of Topliss-reactive ketones (excluding diaryl/α,β-unsaturated/α-hetero) is 1. The first-order valence-electron chi connectivity index (χ1n) is 5.19. The fourth-order valence-electron chi connectivity index (χ4n) is 1.80. The van der Waals surface area contributed by atoms with Crippen molar-refractivity contribution in [2.75, 3.05) is 14.1 Å². The minimum absolute atomic E-state index is 0.0839. The van der Waals surface area contributed by atoms with Gasteiger partial charge in [-0.1, -0.05) is 0 Å². The molecule has 0 spiro atoms. The average molecular weight is 210 g/mol. The SMILES string of the molecule is CC(=O)NC1CCCC(=O)C1=CN(C)C. The van der Waals surface area contributed by atoms with E-state index < -0.39 is 0 Å². The van der Waals surface area contributed by atoms with Crippen molar-refractivity contribution >= 4 is 11.7 Å². The Hall–Kier alpha value is -1.32. The van der Waals surface area contributed by atoms with Crippen molar-refractivity contribution in [1.82, 2.24) is 10.2 Å². The topological polar surface area (TPSA) is 49.4 Å². The molecule has 0 heterocycles. The van der Waals surface area contributed by atoms with Crippen LogP contribution in [0.4, 0.5) is 0 Å². The number of hydrogen-bond donors (Lipinski definition) is 1. The molecule has 1 atom stereocenters. The van der Waals surface area contributed by atoms with E-state index in [-0.39, 0.29) is 17.7 Å². The molecule has 15 heavy (non-hydrogen) atoms. The summed E-state index contributed by atoms with van der Waals surface area (Å²) in [6.45, 7) is 1.48. The minimum atomic E-state index is -0.105. The van der Waals surface area contributed by atoms with Gasteiger partial charge >= 0.3 is 0 Å². The lowest BCUT2D eigenvalue weighted by Gasteiger charge is -2.25. The van der Waals surface area contributed by atoms with Gasteiger partial charge in [-0.25, -0.2) is 0 Å². The molecule has 1 unspecified atom stereocenters. The molecule has 1 fully saturated rings. The van der Waals surface area contributed by atoms with Gasteiger partial charge in [-0.3, -0.25) is 9.59 Å². The molecule has 1 saturated carbocycles. The zero-order valence-corrected chi connectivity index (χ0v) is 9.54. The molecule has 0 saturated heterocycles. The van der Waals surface area contributed by atoms with Gasteiger partial charge in [-0.15, -0.1) is 0 Å². The van der Waals surface area contributed by atoms with Crippen LogP contribution in [0.15, 0.2) is 11.8 Å². The van der Waals surface area contributed by atoms with Gasteiger partial charge in [0.05, 0.1) is 6.04 Å². The second-order valence-electron chi connectivity index (χ2n) is 4.12. The van der Waals surface area contributed by atoms with E-state index in [9.17, 15) is 9.59 Å². The number of hydrogen-bond acceptors (Lipinski definition) is 3. The van der Waals surface area contributed by atoms with Crippen molar-refractivity contribution < 1.29 is 9.59 Å². The highest BCUT2D eigenvalue weighted by Gasteiger charge is 2.26. The van der Waals surface area contributed by atoms with E-state index >= 15 is 0 Å². The Balaban J connectivity index is 2.82. The second kappa shape index (κ2) is 4.96. The minimum Gasteiger partial charge on any atom is -0.383 e. The Morgan fingerprint density at radius 3 is 2.73 bits per heavy atom. The molecule has 0 aromatic heterocycles. The molecule has 1 aliphatic carbocycles. The van der Waals surface area contributed by atoms with Gasteiger partial charge in [0.15, 0.2) is 5.78 Å². The summed E-state index contributed by atoms with van der Waals surface area (Å²) in [6.07, 6.45) is 4.11. The predicted molar refractivity (Wildman–Crippen MR) is 58.2 cm³/mol. The van der Waals surface area contributed by atoms with E-state index in [0.717, 1.165) is 18.4 Å². The molecule has 4 heteroatoms. The van der Waals surface area contributed by atoms with E-state index in [4.69, 9.17) is 0 Å². The van der Waals surface area contributed by atoms with Gasteiger partial charge in [0.1, 0.15) is 0 Å². The molecule has 84 valence electrons. The summed E-state index contributed by atoms with van der Waals surface area (Å²) in [6, 6.07) is -0.105. The number of amides is 1. The maximum atomic E-state index is 11.7. The van der Waals surface area contributed by atoms with Crippen LogP contribution in [0.25, 0.3) is 0 Å². The lowest BCUT2D eigenvalue weighted by molar-refractivity contribution is -0.120. The van der Waals surface area contributed by atoms with Crippen LogP contribution in [0.1, 0.15) is 26.2 Å². The fourth-order valence-corrected chi connectivity index (χ4v) is 1.80. The van der Waals surface area contributed by atoms with Crippen molar-refractivity contribution in [3.63, 3.8) is 0 Å². The lowest BCUT2D eigenvalue weighted by Crippen LogP contribution is -2.40. The number of carbonyl (C=O) groups excluding carboxylic acids is 2. The fraction of sp³-hybridized carbons (Fsp3) is 0.636. The molecule has 0 aliphatic heterocycles. The summed E-state index contributed by atoms with van der Waals surface area (Å²) in [5.41, 5.74) is 0.724. The molecule has 4 nitrogen and oxygen atoms in total. The zero-order chi connectivity index (χ0) is 11.4. The van der Waals surface area contributed by atoms with Crippen molar-refractivity contribution in [1.29, 1.82) is 0 Å². The van der Waals surface area contributed by atoms with Crippen molar-refractivity contribution in [3.05, 3.63) is 11.8 Å². The van der Waals surface area contributed by atoms with Crippen LogP contribution in [0, 0.1) is 0 Å². The van der Waals surface area contributed by atoms with Crippen molar-refractivity contribution in [2.45, 2.75) is 32.2 Å². The molecule has 1 aliphatic rings. The Bertz CT molecular complexity index is 295. The highest BCUT2D eigenvalue weighted by atomic mass is 16.1. The molecule has 1 N–H and O–H groups in total. The highest BCUT2D eigenvalue weighted by Crippen LogP contribution is 2.20. The molecule has 1 rings (SSSR count). The first-order chi connectivity index (χ1) is 7.00. The molecule has 0 bridgehead atoms. The number of ketones is 1. The number of nitrogens with zero attached hydrogens (tertiary/aromatic N) is 1. The summed E-state index contributed by atoms with van der Waals surface area (Å²) in [4.78, 5) is 24.5. The Kier molecular flexibility index (Phi) is 3.88. The number of rotatable bonds is 2. The van der Waals surface area contributed by atoms with Gasteiger partial charge in [0.25, 0.3) is 0 Å². The summed E-state index contributed by atoms with van der Waals surface area (Å²) in [5, 5.41) is 2.81. The van der Waals surface area contributed by atoms with Crippen LogP contribution >= 0.6 is 0 Å². The molecule has 1 amide bonds. The van der Waals surface area contributed by atoms with Gasteiger partial charge in [-0.2, -0.15) is 0 Å². The zero-order valence-electron chi connectivity index (χ0n) is 9.54. The van der Waals surface area contributed by atoms with Gasteiger partial charge in [0, 0.05) is 39.2 Å². The van der Waals surface area contributed by atoms with Crippen LogP contribution in [0.2, 0.25) is 0 Å². The molecule has 0 radical (unpaired) electrons. The quantitative estimate of drug-likeness (QED) is 0.682. The summed E-state index contributed by atoms with van der Waals surface area (Å²) < 4.78 is 0. The smallest absolute Gasteiger partial charge is 0.217 e. The standard InChI is InChI=1S/C11H18N2O2/c1-8(14)12-10-5-4-6-11(15)9(10)7-13(2)3/h7,10H,4-6H2,1-3H3,(H,12,14). The Labute approximate surface area is 90.3 Å². The third kappa shape index (κ3) is 3.38. The van der Waals surface area contributed by atoms with Crippen LogP contribution < -0.4 is 5.32 Å². The Morgan fingerprint density at radius 1 is 1.53 bits per heavy atom. The van der Waals surface area contributed by atoms with E-state index in [2.05, 4.69) is 5.32 Å². The third-order valence-electron chi connectivity index (χ3n) is 2.37. The van der Waals surface area contributed by atoms with Crippen molar-refractivity contribution in [2.24, 2.45) is 0 Å². The van der Waals surface area contributed by atoms with Crippen molar-refractivity contribution in [3.8, 4) is 0 Å². The van der Waals surface area contributed by atoms with E-state index in [1.54, 1.807) is 0 Å². The summed E-state index contributed by atoms with van der Waals surface area (Å²) in [5.74, 6) is 0.0630.